The Morgan fingerprint density at radius 1 is 1.00 bits per heavy atom. The number of aliphatic hydroxyl groups excluding tert-OH is 1. The van der Waals surface area contributed by atoms with Gasteiger partial charge in [0.25, 0.3) is 0 Å². The summed E-state index contributed by atoms with van der Waals surface area (Å²) in [4.78, 5) is 12.4. The predicted molar refractivity (Wildman–Crippen MR) is 82.7 cm³/mol. The molecule has 21 heavy (non-hydrogen) atoms. The summed E-state index contributed by atoms with van der Waals surface area (Å²) in [6, 6.07) is 0. The number of rotatable bonds is 0. The molecule has 0 heterocycles. The molecule has 0 aromatic carbocycles. The molecule has 1 N–H and O–H groups in total. The SMILES string of the molecule is C[C@]12CC[C@H](O)CC1CC[C@@H]1[C@@H]2CC[C@]2(C)C(=O)CC[C@@H]12. The van der Waals surface area contributed by atoms with E-state index in [1.807, 2.05) is 0 Å². The average Bonchev–Trinajstić information content (AvgIpc) is 2.76. The Morgan fingerprint density at radius 3 is 2.62 bits per heavy atom. The maximum absolute atomic E-state index is 12.4. The van der Waals surface area contributed by atoms with Crippen molar-refractivity contribution in [3.63, 3.8) is 0 Å². The Morgan fingerprint density at radius 2 is 1.81 bits per heavy atom. The van der Waals surface area contributed by atoms with E-state index < -0.39 is 0 Å². The van der Waals surface area contributed by atoms with Gasteiger partial charge in [-0.2, -0.15) is 0 Å². The first-order valence-electron chi connectivity index (χ1n) is 9.16. The number of carbonyl (C=O) groups is 1. The lowest BCUT2D eigenvalue weighted by Crippen LogP contribution is -2.54. The van der Waals surface area contributed by atoms with E-state index in [9.17, 15) is 9.90 Å². The fourth-order valence-electron chi connectivity index (χ4n) is 7.01. The highest BCUT2D eigenvalue weighted by atomic mass is 16.3. The molecule has 0 aromatic rings. The monoisotopic (exact) mass is 290 g/mol. The van der Waals surface area contributed by atoms with Gasteiger partial charge < -0.3 is 5.11 Å². The molecule has 2 nitrogen and oxygen atoms in total. The van der Waals surface area contributed by atoms with Gasteiger partial charge >= 0.3 is 0 Å². The minimum absolute atomic E-state index is 0.0124. The van der Waals surface area contributed by atoms with E-state index in [1.54, 1.807) is 0 Å². The number of fused-ring (bicyclic) bond motifs is 5. The van der Waals surface area contributed by atoms with Gasteiger partial charge in [0.15, 0.2) is 0 Å². The van der Waals surface area contributed by atoms with Crippen LogP contribution in [0, 0.1) is 34.5 Å². The van der Waals surface area contributed by atoms with Crippen molar-refractivity contribution >= 4 is 5.78 Å². The lowest BCUT2D eigenvalue weighted by molar-refractivity contribution is -0.142. The van der Waals surface area contributed by atoms with Crippen LogP contribution in [0.3, 0.4) is 0 Å². The molecule has 4 saturated carbocycles. The molecule has 4 fully saturated rings. The molecule has 0 aliphatic heterocycles. The number of aliphatic hydroxyl groups is 1. The van der Waals surface area contributed by atoms with Crippen LogP contribution in [-0.4, -0.2) is 17.0 Å². The summed E-state index contributed by atoms with van der Waals surface area (Å²) in [6.45, 7) is 4.78. The smallest absolute Gasteiger partial charge is 0.139 e. The molecule has 4 aliphatic carbocycles. The number of Topliss-reactive ketones (excluding diaryl/α,β-unsaturated/α-hetero) is 1. The van der Waals surface area contributed by atoms with Gasteiger partial charge in [-0.15, -0.1) is 0 Å². The van der Waals surface area contributed by atoms with Gasteiger partial charge in [-0.25, -0.2) is 0 Å². The second-order valence-corrected chi connectivity index (χ2v) is 9.00. The summed E-state index contributed by atoms with van der Waals surface area (Å²) in [5.41, 5.74) is 0.452. The second kappa shape index (κ2) is 4.57. The Labute approximate surface area is 128 Å². The summed E-state index contributed by atoms with van der Waals surface area (Å²) in [7, 11) is 0. The Hall–Kier alpha value is -0.370. The Balaban J connectivity index is 1.64. The highest BCUT2D eigenvalue weighted by Gasteiger charge is 2.60. The molecule has 0 aromatic heterocycles. The van der Waals surface area contributed by atoms with Gasteiger partial charge in [-0.3, -0.25) is 4.79 Å². The van der Waals surface area contributed by atoms with E-state index in [2.05, 4.69) is 13.8 Å². The van der Waals surface area contributed by atoms with Crippen LogP contribution in [0.25, 0.3) is 0 Å². The zero-order chi connectivity index (χ0) is 14.8. The van der Waals surface area contributed by atoms with Gasteiger partial charge in [0.05, 0.1) is 6.10 Å². The third-order valence-corrected chi connectivity index (χ3v) is 8.35. The quantitative estimate of drug-likeness (QED) is 0.733. The van der Waals surface area contributed by atoms with E-state index in [-0.39, 0.29) is 11.5 Å². The molecule has 0 spiro atoms. The molecule has 118 valence electrons. The summed E-state index contributed by atoms with van der Waals surface area (Å²) in [6.07, 6.45) is 10.1. The van der Waals surface area contributed by atoms with Crippen LogP contribution < -0.4 is 0 Å². The van der Waals surface area contributed by atoms with Crippen molar-refractivity contribution in [2.24, 2.45) is 34.5 Å². The zero-order valence-electron chi connectivity index (χ0n) is 13.6. The normalized spacial score (nSPS) is 56.5. The summed E-state index contributed by atoms with van der Waals surface area (Å²) < 4.78 is 0. The van der Waals surface area contributed by atoms with E-state index in [1.165, 1.54) is 25.7 Å². The molecular weight excluding hydrogens is 260 g/mol. The minimum atomic E-state index is -0.0541. The molecular formula is C19H30O2. The lowest BCUT2D eigenvalue weighted by Gasteiger charge is -2.60. The van der Waals surface area contributed by atoms with E-state index in [4.69, 9.17) is 0 Å². The molecule has 0 saturated heterocycles. The third kappa shape index (κ3) is 1.84. The third-order valence-electron chi connectivity index (χ3n) is 8.35. The van der Waals surface area contributed by atoms with Crippen LogP contribution in [-0.2, 0) is 4.79 Å². The van der Waals surface area contributed by atoms with Gasteiger partial charge in [0.2, 0.25) is 0 Å². The van der Waals surface area contributed by atoms with Crippen molar-refractivity contribution in [2.45, 2.75) is 77.7 Å². The van der Waals surface area contributed by atoms with Crippen LogP contribution in [0.5, 0.6) is 0 Å². The van der Waals surface area contributed by atoms with Crippen LogP contribution in [0.1, 0.15) is 71.6 Å². The highest BCUT2D eigenvalue weighted by Crippen LogP contribution is 2.65. The molecule has 1 unspecified atom stereocenters. The molecule has 0 radical (unpaired) electrons. The maximum atomic E-state index is 12.4. The average molecular weight is 290 g/mol. The first kappa shape index (κ1) is 14.2. The molecule has 4 rings (SSSR count). The highest BCUT2D eigenvalue weighted by molar-refractivity contribution is 5.87. The topological polar surface area (TPSA) is 37.3 Å². The number of carbonyl (C=O) groups excluding carboxylic acids is 1. The summed E-state index contributed by atoms with van der Waals surface area (Å²) >= 11 is 0. The van der Waals surface area contributed by atoms with Crippen molar-refractivity contribution in [2.75, 3.05) is 0 Å². The first-order chi connectivity index (χ1) is 9.95. The van der Waals surface area contributed by atoms with Crippen LogP contribution in [0.15, 0.2) is 0 Å². The van der Waals surface area contributed by atoms with Crippen molar-refractivity contribution < 1.29 is 9.90 Å². The first-order valence-corrected chi connectivity index (χ1v) is 9.16. The van der Waals surface area contributed by atoms with Gasteiger partial charge in [0.1, 0.15) is 5.78 Å². The summed E-state index contributed by atoms with van der Waals surface area (Å²) in [5, 5.41) is 10.0. The fraction of sp³-hybridized carbons (Fsp3) is 0.947. The second-order valence-electron chi connectivity index (χ2n) is 9.00. The summed E-state index contributed by atoms with van der Waals surface area (Å²) in [5.74, 6) is 3.54. The standard InChI is InChI=1S/C19H30O2/c1-18-9-7-13(20)11-12(18)3-4-14-15-5-6-17(21)19(15,2)10-8-16(14)18/h12-16,20H,3-11H2,1-2H3/t12?,13-,14-,15-,16-,18-,19-/m0/s1. The maximum Gasteiger partial charge on any atom is 0.139 e. The molecule has 0 bridgehead atoms. The Kier molecular flexibility index (Phi) is 3.10. The van der Waals surface area contributed by atoms with E-state index >= 15 is 0 Å². The van der Waals surface area contributed by atoms with Gasteiger partial charge in [0, 0.05) is 11.8 Å². The molecule has 2 heteroatoms. The van der Waals surface area contributed by atoms with Crippen molar-refractivity contribution in [3.05, 3.63) is 0 Å². The fourth-order valence-corrected chi connectivity index (χ4v) is 7.01. The van der Waals surface area contributed by atoms with Gasteiger partial charge in [-0.05, 0) is 80.5 Å². The number of hydrogen-bond acceptors (Lipinski definition) is 2. The molecule has 4 aliphatic rings. The van der Waals surface area contributed by atoms with Crippen molar-refractivity contribution in [1.82, 2.24) is 0 Å². The predicted octanol–water partition coefficient (Wildman–Crippen LogP) is 3.96. The molecule has 0 amide bonds. The number of hydrogen-bond donors (Lipinski definition) is 1. The molecule has 7 atom stereocenters. The zero-order valence-corrected chi connectivity index (χ0v) is 13.6. The van der Waals surface area contributed by atoms with Crippen molar-refractivity contribution in [1.29, 1.82) is 0 Å². The number of ketones is 1. The van der Waals surface area contributed by atoms with Crippen molar-refractivity contribution in [3.8, 4) is 0 Å². The van der Waals surface area contributed by atoms with E-state index in [0.717, 1.165) is 49.9 Å². The minimum Gasteiger partial charge on any atom is -0.393 e. The van der Waals surface area contributed by atoms with E-state index in [0.29, 0.717) is 17.1 Å². The van der Waals surface area contributed by atoms with Gasteiger partial charge in [-0.1, -0.05) is 13.8 Å². The van der Waals surface area contributed by atoms with Crippen LogP contribution in [0.4, 0.5) is 0 Å². The largest absolute Gasteiger partial charge is 0.393 e. The Bertz CT molecular complexity index is 458. The van der Waals surface area contributed by atoms with Crippen LogP contribution in [0.2, 0.25) is 0 Å². The lowest BCUT2D eigenvalue weighted by atomic mass is 9.45. The van der Waals surface area contributed by atoms with Crippen LogP contribution >= 0.6 is 0 Å².